The number of rotatable bonds is 5. The quantitative estimate of drug-likeness (QED) is 0.673. The van der Waals surface area contributed by atoms with Crippen LogP contribution in [-0.4, -0.2) is 61.5 Å². The van der Waals surface area contributed by atoms with Crippen molar-refractivity contribution < 1.29 is 13.2 Å². The number of thiazole rings is 1. The van der Waals surface area contributed by atoms with E-state index in [2.05, 4.69) is 20.7 Å². The van der Waals surface area contributed by atoms with Gasteiger partial charge in [0.2, 0.25) is 10.0 Å². The van der Waals surface area contributed by atoms with E-state index in [9.17, 15) is 13.2 Å². The van der Waals surface area contributed by atoms with E-state index < -0.39 is 10.0 Å². The van der Waals surface area contributed by atoms with Gasteiger partial charge in [0.1, 0.15) is 5.01 Å². The molecule has 1 saturated heterocycles. The molecule has 7 nitrogen and oxygen atoms in total. The van der Waals surface area contributed by atoms with Crippen molar-refractivity contribution in [3.05, 3.63) is 59.1 Å². The molecule has 4 rings (SSSR count). The van der Waals surface area contributed by atoms with Gasteiger partial charge in [-0.15, -0.1) is 11.3 Å². The number of hydrogen-bond donors (Lipinski definition) is 1. The summed E-state index contributed by atoms with van der Waals surface area (Å²) in [6.07, 6.45) is 1.09. The largest absolute Gasteiger partial charge is 0.336 e. The highest BCUT2D eigenvalue weighted by Crippen LogP contribution is 2.23. The van der Waals surface area contributed by atoms with E-state index in [1.165, 1.54) is 4.70 Å². The van der Waals surface area contributed by atoms with Gasteiger partial charge in [0, 0.05) is 37.4 Å². The molecule has 29 heavy (non-hydrogen) atoms. The molecule has 2 aromatic carbocycles. The molecule has 1 aliphatic rings. The first kappa shape index (κ1) is 19.8. The molecular weight excluding hydrogens is 408 g/mol. The normalized spacial score (nSPS) is 15.6. The van der Waals surface area contributed by atoms with Crippen LogP contribution in [0.25, 0.3) is 10.2 Å². The second-order valence-corrected chi connectivity index (χ2v) is 9.96. The summed E-state index contributed by atoms with van der Waals surface area (Å²) in [4.78, 5) is 21.6. The lowest BCUT2D eigenvalue weighted by Gasteiger charge is -2.34. The average molecular weight is 431 g/mol. The number of anilines is 1. The first-order chi connectivity index (χ1) is 13.9. The van der Waals surface area contributed by atoms with E-state index >= 15 is 0 Å². The molecule has 0 aliphatic carbocycles. The van der Waals surface area contributed by atoms with Crippen molar-refractivity contribution in [1.82, 2.24) is 14.8 Å². The number of piperazine rings is 1. The van der Waals surface area contributed by atoms with Crippen LogP contribution in [0.2, 0.25) is 0 Å². The fourth-order valence-corrected chi connectivity index (χ4v) is 4.97. The van der Waals surface area contributed by atoms with E-state index in [-0.39, 0.29) is 5.91 Å². The Morgan fingerprint density at radius 1 is 1.10 bits per heavy atom. The third-order valence-corrected chi connectivity index (χ3v) is 6.40. The van der Waals surface area contributed by atoms with Gasteiger partial charge in [0.05, 0.1) is 23.0 Å². The summed E-state index contributed by atoms with van der Waals surface area (Å²) in [6.45, 7) is 3.61. The number of nitrogens with one attached hydrogen (secondary N) is 1. The second-order valence-electron chi connectivity index (χ2n) is 7.10. The Morgan fingerprint density at radius 2 is 1.86 bits per heavy atom. The van der Waals surface area contributed by atoms with E-state index in [1.807, 2.05) is 23.1 Å². The Labute approximate surface area is 174 Å². The van der Waals surface area contributed by atoms with Gasteiger partial charge >= 0.3 is 0 Å². The zero-order valence-corrected chi connectivity index (χ0v) is 17.7. The van der Waals surface area contributed by atoms with E-state index in [0.29, 0.717) is 24.3 Å². The molecule has 1 fully saturated rings. The molecule has 9 heteroatoms. The van der Waals surface area contributed by atoms with Gasteiger partial charge in [0.25, 0.3) is 5.91 Å². The van der Waals surface area contributed by atoms with Crippen LogP contribution < -0.4 is 4.72 Å². The molecule has 1 aliphatic heterocycles. The molecule has 0 bridgehead atoms. The molecule has 1 amide bonds. The zero-order valence-electron chi connectivity index (χ0n) is 16.0. The first-order valence-corrected chi connectivity index (χ1v) is 12.0. The monoisotopic (exact) mass is 430 g/mol. The molecule has 0 radical (unpaired) electrons. The minimum Gasteiger partial charge on any atom is -0.336 e. The number of sulfonamides is 1. The highest BCUT2D eigenvalue weighted by molar-refractivity contribution is 7.92. The van der Waals surface area contributed by atoms with Crippen LogP contribution in [0, 0.1) is 0 Å². The second kappa shape index (κ2) is 8.10. The minimum atomic E-state index is -3.38. The number of amides is 1. The summed E-state index contributed by atoms with van der Waals surface area (Å²) in [5, 5.41) is 1.09. The lowest BCUT2D eigenvalue weighted by atomic mass is 10.1. The van der Waals surface area contributed by atoms with Crippen molar-refractivity contribution in [1.29, 1.82) is 0 Å². The van der Waals surface area contributed by atoms with E-state index in [1.54, 1.807) is 35.6 Å². The molecule has 1 aromatic heterocycles. The molecule has 0 spiro atoms. The predicted octanol–water partition coefficient (Wildman–Crippen LogP) is 2.63. The number of aromatic nitrogens is 1. The molecule has 152 valence electrons. The zero-order chi connectivity index (χ0) is 20.4. The maximum Gasteiger partial charge on any atom is 0.254 e. The Balaban J connectivity index is 1.36. The van der Waals surface area contributed by atoms with Gasteiger partial charge in [-0.2, -0.15) is 0 Å². The van der Waals surface area contributed by atoms with Gasteiger partial charge < -0.3 is 4.90 Å². The molecule has 0 saturated carbocycles. The molecule has 3 aromatic rings. The smallest absolute Gasteiger partial charge is 0.254 e. The van der Waals surface area contributed by atoms with Crippen LogP contribution in [0.1, 0.15) is 15.4 Å². The van der Waals surface area contributed by atoms with Gasteiger partial charge in [0.15, 0.2) is 0 Å². The third kappa shape index (κ3) is 4.92. The van der Waals surface area contributed by atoms with Crippen molar-refractivity contribution in [2.45, 2.75) is 6.54 Å². The highest BCUT2D eigenvalue weighted by atomic mass is 32.2. The van der Waals surface area contributed by atoms with Gasteiger partial charge in [-0.1, -0.05) is 18.2 Å². The Kier molecular flexibility index (Phi) is 5.53. The Hall–Kier alpha value is -2.49. The molecule has 0 unspecified atom stereocenters. The number of carbonyl (C=O) groups excluding carboxylic acids is 1. The number of nitrogens with zero attached hydrogens (tertiary/aromatic N) is 3. The van der Waals surface area contributed by atoms with Gasteiger partial charge in [-0.25, -0.2) is 13.4 Å². The topological polar surface area (TPSA) is 82.6 Å². The van der Waals surface area contributed by atoms with Crippen molar-refractivity contribution in [2.75, 3.05) is 37.2 Å². The van der Waals surface area contributed by atoms with Crippen molar-refractivity contribution in [2.24, 2.45) is 0 Å². The fraction of sp³-hybridized carbons (Fsp3) is 0.300. The van der Waals surface area contributed by atoms with E-state index in [4.69, 9.17) is 0 Å². The number of hydrogen-bond acceptors (Lipinski definition) is 6. The Morgan fingerprint density at radius 3 is 2.59 bits per heavy atom. The minimum absolute atomic E-state index is 0.0817. The number of para-hydroxylation sites is 1. The molecule has 0 atom stereocenters. The first-order valence-electron chi connectivity index (χ1n) is 9.31. The van der Waals surface area contributed by atoms with Crippen molar-refractivity contribution >= 4 is 43.2 Å². The summed E-state index contributed by atoms with van der Waals surface area (Å²) >= 11 is 1.71. The van der Waals surface area contributed by atoms with Gasteiger partial charge in [-0.05, 0) is 30.3 Å². The van der Waals surface area contributed by atoms with Crippen LogP contribution in [-0.2, 0) is 16.6 Å². The summed E-state index contributed by atoms with van der Waals surface area (Å²) in [7, 11) is -3.38. The summed E-state index contributed by atoms with van der Waals surface area (Å²) in [5.41, 5.74) is 1.91. The summed E-state index contributed by atoms with van der Waals surface area (Å²) in [6, 6.07) is 14.7. The lowest BCUT2D eigenvalue weighted by molar-refractivity contribution is 0.0628. The van der Waals surface area contributed by atoms with Crippen LogP contribution in [0.15, 0.2) is 48.5 Å². The number of benzene rings is 2. The maximum absolute atomic E-state index is 12.8. The van der Waals surface area contributed by atoms with Gasteiger partial charge in [-0.3, -0.25) is 14.4 Å². The van der Waals surface area contributed by atoms with E-state index in [0.717, 1.165) is 36.4 Å². The number of carbonyl (C=O) groups is 1. The van der Waals surface area contributed by atoms with Crippen molar-refractivity contribution in [3.63, 3.8) is 0 Å². The fourth-order valence-electron chi connectivity index (χ4n) is 3.40. The van der Waals surface area contributed by atoms with Crippen LogP contribution in [0.3, 0.4) is 0 Å². The van der Waals surface area contributed by atoms with Crippen LogP contribution in [0.5, 0.6) is 0 Å². The molecular formula is C20H22N4O3S2. The Bertz CT molecular complexity index is 1100. The number of fused-ring (bicyclic) bond motifs is 1. The predicted molar refractivity (Wildman–Crippen MR) is 116 cm³/mol. The average Bonchev–Trinajstić information content (AvgIpc) is 3.09. The molecule has 1 N–H and O–H groups in total. The van der Waals surface area contributed by atoms with Crippen LogP contribution >= 0.6 is 11.3 Å². The summed E-state index contributed by atoms with van der Waals surface area (Å²) in [5.74, 6) is -0.0817. The third-order valence-electron chi connectivity index (χ3n) is 4.77. The summed E-state index contributed by atoms with van der Waals surface area (Å²) < 4.78 is 26.4. The highest BCUT2D eigenvalue weighted by Gasteiger charge is 2.23. The van der Waals surface area contributed by atoms with Crippen LogP contribution in [0.4, 0.5) is 5.69 Å². The SMILES string of the molecule is CS(=O)(=O)Nc1cccc(C(=O)N2CCN(Cc3nc4ccccc4s3)CC2)c1. The lowest BCUT2D eigenvalue weighted by Crippen LogP contribution is -2.48. The molecule has 2 heterocycles. The maximum atomic E-state index is 12.8. The standard InChI is InChI=1S/C20H22N4O3S2/c1-29(26,27)22-16-6-4-5-15(13-16)20(25)24-11-9-23(10-12-24)14-19-21-17-7-2-3-8-18(17)28-19/h2-8,13,22H,9-12,14H2,1H3. The van der Waals surface area contributed by atoms with Crippen molar-refractivity contribution in [3.8, 4) is 0 Å².